The van der Waals surface area contributed by atoms with Gasteiger partial charge in [-0.05, 0) is 19.1 Å². The molecule has 0 aromatic heterocycles. The maximum atomic E-state index is 12.0. The van der Waals surface area contributed by atoms with Crippen molar-refractivity contribution in [1.29, 1.82) is 0 Å². The highest BCUT2D eigenvalue weighted by Gasteiger charge is 2.25. The Morgan fingerprint density at radius 1 is 1.37 bits per heavy atom. The number of rotatable bonds is 5. The van der Waals surface area contributed by atoms with Gasteiger partial charge in [0.1, 0.15) is 21.7 Å². The average Bonchev–Trinajstić information content (AvgIpc) is 2.31. The zero-order valence-corrected chi connectivity index (χ0v) is 12.3. The molecule has 1 aromatic carbocycles. The summed E-state index contributed by atoms with van der Waals surface area (Å²) in [6, 6.07) is 1.22. The largest absolute Gasteiger partial charge is 0.495 e. The number of hydrogen-bond donors (Lipinski definition) is 2. The van der Waals surface area contributed by atoms with Gasteiger partial charge in [0.15, 0.2) is 0 Å². The molecule has 0 amide bonds. The molecule has 9 heteroatoms. The molecule has 19 heavy (non-hydrogen) atoms. The second-order valence-electron chi connectivity index (χ2n) is 3.58. The SMILES string of the molecule is COc1ccc(S(=O)(=O)N[C@@H](C)C(=O)O)c(Cl)c1Cl. The molecule has 0 bridgehead atoms. The van der Waals surface area contributed by atoms with Gasteiger partial charge in [-0.3, -0.25) is 4.79 Å². The van der Waals surface area contributed by atoms with Gasteiger partial charge in [0.2, 0.25) is 10.0 Å². The normalized spacial score (nSPS) is 13.1. The van der Waals surface area contributed by atoms with Crippen molar-refractivity contribution in [2.75, 3.05) is 7.11 Å². The summed E-state index contributed by atoms with van der Waals surface area (Å²) >= 11 is 11.7. The molecule has 2 N–H and O–H groups in total. The van der Waals surface area contributed by atoms with Crippen molar-refractivity contribution >= 4 is 39.2 Å². The summed E-state index contributed by atoms with van der Waals surface area (Å²) in [5, 5.41) is 8.40. The number of carboxylic acids is 1. The highest BCUT2D eigenvalue weighted by molar-refractivity contribution is 7.89. The molecule has 0 heterocycles. The van der Waals surface area contributed by atoms with Crippen molar-refractivity contribution < 1.29 is 23.1 Å². The monoisotopic (exact) mass is 327 g/mol. The van der Waals surface area contributed by atoms with Crippen LogP contribution in [0.4, 0.5) is 0 Å². The molecule has 0 spiro atoms. The summed E-state index contributed by atoms with van der Waals surface area (Å²) in [5.41, 5.74) is 0. The first-order valence-electron chi connectivity index (χ1n) is 4.98. The predicted octanol–water partition coefficient (Wildman–Crippen LogP) is 1.75. The van der Waals surface area contributed by atoms with Crippen LogP contribution in [0.15, 0.2) is 17.0 Å². The summed E-state index contributed by atoms with van der Waals surface area (Å²) in [6.07, 6.45) is 0. The fraction of sp³-hybridized carbons (Fsp3) is 0.300. The molecule has 0 aliphatic heterocycles. The first-order valence-corrected chi connectivity index (χ1v) is 7.21. The van der Waals surface area contributed by atoms with Crippen molar-refractivity contribution in [2.45, 2.75) is 17.9 Å². The van der Waals surface area contributed by atoms with Gasteiger partial charge >= 0.3 is 5.97 Å². The third kappa shape index (κ3) is 3.50. The Morgan fingerprint density at radius 3 is 2.42 bits per heavy atom. The second kappa shape index (κ2) is 5.96. The van der Waals surface area contributed by atoms with Crippen LogP contribution in [0.3, 0.4) is 0 Å². The lowest BCUT2D eigenvalue weighted by atomic mass is 10.3. The molecule has 0 aliphatic carbocycles. The lowest BCUT2D eigenvalue weighted by Gasteiger charge is -2.13. The number of methoxy groups -OCH3 is 1. The van der Waals surface area contributed by atoms with Gasteiger partial charge in [0.25, 0.3) is 0 Å². The van der Waals surface area contributed by atoms with E-state index < -0.39 is 22.0 Å². The minimum absolute atomic E-state index is 0.0602. The smallest absolute Gasteiger partial charge is 0.321 e. The quantitative estimate of drug-likeness (QED) is 0.859. The number of carbonyl (C=O) groups is 1. The number of aliphatic carboxylic acids is 1. The van der Waals surface area contributed by atoms with Crippen LogP contribution in [0, 0.1) is 0 Å². The standard InChI is InChI=1S/C10H11Cl2NO5S/c1-5(10(14)15)13-19(16,17)7-4-3-6(18-2)8(11)9(7)12/h3-5,13H,1-2H3,(H,14,15)/t5-/m0/s1. The molecule has 0 unspecified atom stereocenters. The summed E-state index contributed by atoms with van der Waals surface area (Å²) in [5.74, 6) is -1.09. The lowest BCUT2D eigenvalue weighted by Crippen LogP contribution is -2.38. The minimum atomic E-state index is -4.09. The number of carboxylic acid groups (broad SMARTS) is 1. The molecule has 1 rings (SSSR count). The number of halogens is 2. The highest BCUT2D eigenvalue weighted by Crippen LogP contribution is 2.36. The fourth-order valence-electron chi connectivity index (χ4n) is 1.23. The van der Waals surface area contributed by atoms with Crippen molar-refractivity contribution in [3.05, 3.63) is 22.2 Å². The van der Waals surface area contributed by atoms with Crippen LogP contribution in [0.1, 0.15) is 6.92 Å². The molecule has 6 nitrogen and oxygen atoms in total. The zero-order valence-electron chi connectivity index (χ0n) is 9.98. The van der Waals surface area contributed by atoms with E-state index in [1.807, 2.05) is 4.72 Å². The maximum absolute atomic E-state index is 12.0. The van der Waals surface area contributed by atoms with Gasteiger partial charge in [0.05, 0.1) is 12.1 Å². The first-order chi connectivity index (χ1) is 8.70. The number of ether oxygens (including phenoxy) is 1. The van der Waals surface area contributed by atoms with Crippen LogP contribution in [-0.4, -0.2) is 32.6 Å². The topological polar surface area (TPSA) is 92.7 Å². The summed E-state index contributed by atoms with van der Waals surface area (Å²) in [4.78, 5) is 10.3. The van der Waals surface area contributed by atoms with Crippen molar-refractivity contribution in [3.8, 4) is 5.75 Å². The zero-order chi connectivity index (χ0) is 14.8. The Hall–Kier alpha value is -1.02. The summed E-state index contributed by atoms with van der Waals surface area (Å²) in [6.45, 7) is 1.19. The van der Waals surface area contributed by atoms with E-state index in [9.17, 15) is 13.2 Å². The van der Waals surface area contributed by atoms with E-state index in [4.69, 9.17) is 33.0 Å². The van der Waals surface area contributed by atoms with E-state index in [0.29, 0.717) is 0 Å². The molecule has 0 fully saturated rings. The number of hydrogen-bond acceptors (Lipinski definition) is 4. The number of sulfonamides is 1. The molecule has 1 aromatic rings. The van der Waals surface area contributed by atoms with E-state index in [1.54, 1.807) is 0 Å². The minimum Gasteiger partial charge on any atom is -0.495 e. The fourth-order valence-corrected chi connectivity index (χ4v) is 3.26. The Morgan fingerprint density at radius 2 is 1.95 bits per heavy atom. The molecule has 1 atom stereocenters. The third-order valence-electron chi connectivity index (χ3n) is 2.22. The number of nitrogens with one attached hydrogen (secondary N) is 1. The molecule has 106 valence electrons. The van der Waals surface area contributed by atoms with E-state index in [1.165, 1.54) is 26.2 Å². The Labute approximate surface area is 120 Å². The van der Waals surface area contributed by atoms with Crippen LogP contribution in [-0.2, 0) is 14.8 Å². The van der Waals surface area contributed by atoms with Crippen LogP contribution >= 0.6 is 23.2 Å². The summed E-state index contributed by atoms with van der Waals surface area (Å²) < 4.78 is 30.8. The second-order valence-corrected chi connectivity index (χ2v) is 6.01. The van der Waals surface area contributed by atoms with Gasteiger partial charge in [-0.2, -0.15) is 4.72 Å². The maximum Gasteiger partial charge on any atom is 0.321 e. The van der Waals surface area contributed by atoms with E-state index in [-0.39, 0.29) is 20.7 Å². The third-order valence-corrected chi connectivity index (χ3v) is 4.78. The van der Waals surface area contributed by atoms with Crippen molar-refractivity contribution in [1.82, 2.24) is 4.72 Å². The molecular formula is C10H11Cl2NO5S. The molecule has 0 saturated carbocycles. The van der Waals surface area contributed by atoms with Crippen LogP contribution in [0.2, 0.25) is 10.0 Å². The van der Waals surface area contributed by atoms with E-state index >= 15 is 0 Å². The van der Waals surface area contributed by atoms with Crippen LogP contribution in [0.25, 0.3) is 0 Å². The molecular weight excluding hydrogens is 317 g/mol. The molecule has 0 aliphatic rings. The van der Waals surface area contributed by atoms with Crippen LogP contribution < -0.4 is 9.46 Å². The van der Waals surface area contributed by atoms with E-state index in [2.05, 4.69) is 0 Å². The number of benzene rings is 1. The first kappa shape index (κ1) is 16.0. The predicted molar refractivity (Wildman–Crippen MR) is 70.4 cm³/mol. The van der Waals surface area contributed by atoms with Gasteiger partial charge < -0.3 is 9.84 Å². The van der Waals surface area contributed by atoms with Crippen molar-refractivity contribution in [3.63, 3.8) is 0 Å². The molecule has 0 saturated heterocycles. The van der Waals surface area contributed by atoms with Crippen molar-refractivity contribution in [2.24, 2.45) is 0 Å². The van der Waals surface area contributed by atoms with Gasteiger partial charge in [0, 0.05) is 0 Å². The summed E-state index contributed by atoms with van der Waals surface area (Å²) in [7, 11) is -2.73. The Kier molecular flexibility index (Phi) is 5.03. The van der Waals surface area contributed by atoms with Crippen LogP contribution in [0.5, 0.6) is 5.75 Å². The van der Waals surface area contributed by atoms with Gasteiger partial charge in [-0.25, -0.2) is 8.42 Å². The van der Waals surface area contributed by atoms with Gasteiger partial charge in [-0.15, -0.1) is 0 Å². The lowest BCUT2D eigenvalue weighted by molar-refractivity contribution is -0.138. The molecule has 0 radical (unpaired) electrons. The Balaban J connectivity index is 3.23. The van der Waals surface area contributed by atoms with E-state index in [0.717, 1.165) is 0 Å². The van der Waals surface area contributed by atoms with Gasteiger partial charge in [-0.1, -0.05) is 23.2 Å². The Bertz CT molecular complexity index is 602. The average molecular weight is 328 g/mol. The highest BCUT2D eigenvalue weighted by atomic mass is 35.5.